The molecule has 5 nitrogen and oxygen atoms in total. The van der Waals surface area contributed by atoms with Crippen LogP contribution >= 0.6 is 11.6 Å². The standard InChI is InChI=1S/C25H35ClN2O3/c1-8-31-22(29)12-14-28-16-20(17(2)3)25(7,27-23(28)30)19-10-9-18(21(26)15-19)11-13-24(4,5)6/h9-10,15-16H,2,8,11-14H2,1,3-7H3,(H,27,30)/t25-/m0/s1. The van der Waals surface area contributed by atoms with E-state index < -0.39 is 5.54 Å². The molecule has 1 N–H and O–H groups in total. The molecule has 170 valence electrons. The third-order valence-electron chi connectivity index (χ3n) is 5.54. The van der Waals surface area contributed by atoms with Gasteiger partial charge in [0.05, 0.1) is 18.6 Å². The maximum atomic E-state index is 12.8. The maximum absolute atomic E-state index is 12.8. The summed E-state index contributed by atoms with van der Waals surface area (Å²) in [6.07, 6.45) is 3.84. The number of esters is 1. The quantitative estimate of drug-likeness (QED) is 0.500. The molecular formula is C25H35ClN2O3. The van der Waals surface area contributed by atoms with Crippen LogP contribution in [0.5, 0.6) is 0 Å². The number of benzene rings is 1. The summed E-state index contributed by atoms with van der Waals surface area (Å²) in [5.74, 6) is -0.327. The molecule has 1 aliphatic rings. The molecule has 0 saturated carbocycles. The lowest BCUT2D eigenvalue weighted by Crippen LogP contribution is -2.54. The molecule has 2 rings (SSSR count). The SMILES string of the molecule is C=C(C)C1=CN(CCC(=O)OCC)C(=O)N[C@@]1(C)c1ccc(CCC(C)(C)C)c(Cl)c1. The lowest BCUT2D eigenvalue weighted by molar-refractivity contribution is -0.143. The predicted molar refractivity (Wildman–Crippen MR) is 126 cm³/mol. The highest BCUT2D eigenvalue weighted by molar-refractivity contribution is 6.31. The van der Waals surface area contributed by atoms with Gasteiger partial charge >= 0.3 is 12.0 Å². The molecular weight excluding hydrogens is 412 g/mol. The molecule has 0 aromatic heterocycles. The van der Waals surface area contributed by atoms with E-state index in [1.807, 2.05) is 32.0 Å². The fourth-order valence-corrected chi connectivity index (χ4v) is 3.92. The van der Waals surface area contributed by atoms with Gasteiger partial charge in [-0.05, 0) is 56.2 Å². The minimum atomic E-state index is -0.768. The lowest BCUT2D eigenvalue weighted by Gasteiger charge is -2.41. The molecule has 0 aliphatic carbocycles. The Balaban J connectivity index is 2.31. The van der Waals surface area contributed by atoms with E-state index in [4.69, 9.17) is 16.3 Å². The van der Waals surface area contributed by atoms with Gasteiger partial charge in [-0.3, -0.25) is 4.79 Å². The van der Waals surface area contributed by atoms with E-state index in [9.17, 15) is 9.59 Å². The number of nitrogens with one attached hydrogen (secondary N) is 1. The van der Waals surface area contributed by atoms with Gasteiger partial charge in [0.15, 0.2) is 0 Å². The Morgan fingerprint density at radius 3 is 2.55 bits per heavy atom. The number of hydrogen-bond donors (Lipinski definition) is 1. The summed E-state index contributed by atoms with van der Waals surface area (Å²) in [6.45, 7) is 16.9. The fraction of sp³-hybridized carbons (Fsp3) is 0.520. The first-order chi connectivity index (χ1) is 14.4. The third-order valence-corrected chi connectivity index (χ3v) is 5.89. The van der Waals surface area contributed by atoms with Crippen molar-refractivity contribution in [3.63, 3.8) is 0 Å². The van der Waals surface area contributed by atoms with Gasteiger partial charge in [-0.15, -0.1) is 0 Å². The van der Waals surface area contributed by atoms with E-state index >= 15 is 0 Å². The van der Waals surface area contributed by atoms with Crippen LogP contribution in [-0.4, -0.2) is 30.1 Å². The van der Waals surface area contributed by atoms with Crippen LogP contribution in [0.3, 0.4) is 0 Å². The van der Waals surface area contributed by atoms with Crippen molar-refractivity contribution in [3.05, 3.63) is 58.3 Å². The molecule has 31 heavy (non-hydrogen) atoms. The highest BCUT2D eigenvalue weighted by Crippen LogP contribution is 2.38. The van der Waals surface area contributed by atoms with Gasteiger partial charge in [0, 0.05) is 23.3 Å². The second kappa shape index (κ2) is 9.90. The van der Waals surface area contributed by atoms with E-state index in [2.05, 4.69) is 32.7 Å². The number of amides is 2. The lowest BCUT2D eigenvalue weighted by atomic mass is 9.80. The van der Waals surface area contributed by atoms with Crippen molar-refractivity contribution < 1.29 is 14.3 Å². The van der Waals surface area contributed by atoms with E-state index in [1.54, 1.807) is 13.1 Å². The highest BCUT2D eigenvalue weighted by Gasteiger charge is 2.39. The molecule has 0 spiro atoms. The van der Waals surface area contributed by atoms with Crippen LogP contribution in [0.15, 0.2) is 42.1 Å². The maximum Gasteiger partial charge on any atom is 0.322 e. The second-order valence-electron chi connectivity index (χ2n) is 9.49. The van der Waals surface area contributed by atoms with Gasteiger partial charge < -0.3 is 15.0 Å². The molecule has 2 amide bonds. The summed E-state index contributed by atoms with van der Waals surface area (Å²) in [6, 6.07) is 5.73. The first-order valence-electron chi connectivity index (χ1n) is 10.8. The molecule has 1 aromatic rings. The molecule has 0 fully saturated rings. The predicted octanol–water partition coefficient (Wildman–Crippen LogP) is 5.97. The van der Waals surface area contributed by atoms with Crippen molar-refractivity contribution in [2.75, 3.05) is 13.2 Å². The molecule has 1 atom stereocenters. The van der Waals surface area contributed by atoms with Crippen LogP contribution in [-0.2, 0) is 21.5 Å². The van der Waals surface area contributed by atoms with Crippen molar-refractivity contribution in [1.82, 2.24) is 10.2 Å². The Morgan fingerprint density at radius 2 is 2.00 bits per heavy atom. The Morgan fingerprint density at radius 1 is 1.32 bits per heavy atom. The zero-order valence-corrected chi connectivity index (χ0v) is 20.4. The molecule has 1 aromatic carbocycles. The average Bonchev–Trinajstić information content (AvgIpc) is 2.65. The monoisotopic (exact) mass is 446 g/mol. The summed E-state index contributed by atoms with van der Waals surface area (Å²) >= 11 is 6.63. The minimum Gasteiger partial charge on any atom is -0.466 e. The number of ether oxygens (including phenoxy) is 1. The first kappa shape index (κ1) is 25.0. The Labute approximate surface area is 191 Å². The summed E-state index contributed by atoms with van der Waals surface area (Å²) in [5.41, 5.74) is 3.16. The zero-order valence-electron chi connectivity index (χ0n) is 19.6. The van der Waals surface area contributed by atoms with Crippen molar-refractivity contribution in [3.8, 4) is 0 Å². The molecule has 0 saturated heterocycles. The zero-order chi connectivity index (χ0) is 23.4. The van der Waals surface area contributed by atoms with Crippen LogP contribution in [0.2, 0.25) is 5.02 Å². The number of halogens is 1. The molecule has 1 heterocycles. The Hall–Kier alpha value is -2.27. The van der Waals surface area contributed by atoms with Gasteiger partial charge in [0.25, 0.3) is 0 Å². The Bertz CT molecular complexity index is 885. The minimum absolute atomic E-state index is 0.131. The van der Waals surface area contributed by atoms with E-state index in [1.165, 1.54) is 4.90 Å². The van der Waals surface area contributed by atoms with Crippen LogP contribution in [0, 0.1) is 5.41 Å². The van der Waals surface area contributed by atoms with E-state index in [0.29, 0.717) is 11.6 Å². The summed E-state index contributed by atoms with van der Waals surface area (Å²) in [7, 11) is 0. The molecule has 0 unspecified atom stereocenters. The summed E-state index contributed by atoms with van der Waals surface area (Å²) < 4.78 is 4.97. The number of carbonyl (C=O) groups is 2. The first-order valence-corrected chi connectivity index (χ1v) is 11.2. The normalized spacial score (nSPS) is 19.0. The summed E-state index contributed by atoms with van der Waals surface area (Å²) in [5, 5.41) is 3.79. The molecule has 6 heteroatoms. The fourth-order valence-electron chi connectivity index (χ4n) is 3.64. The van der Waals surface area contributed by atoms with Gasteiger partial charge in [-0.2, -0.15) is 0 Å². The van der Waals surface area contributed by atoms with Gasteiger partial charge in [0.2, 0.25) is 0 Å². The second-order valence-corrected chi connectivity index (χ2v) is 9.90. The van der Waals surface area contributed by atoms with Gasteiger partial charge in [-0.1, -0.05) is 56.7 Å². The average molecular weight is 447 g/mol. The third kappa shape index (κ3) is 6.36. The number of rotatable bonds is 8. The van der Waals surface area contributed by atoms with Crippen LogP contribution in [0.1, 0.15) is 65.5 Å². The van der Waals surface area contributed by atoms with E-state index in [-0.39, 0.29) is 30.4 Å². The van der Waals surface area contributed by atoms with Crippen molar-refractivity contribution in [2.45, 2.75) is 66.3 Å². The number of hydrogen-bond acceptors (Lipinski definition) is 3. The number of carbonyl (C=O) groups excluding carboxylic acids is 2. The molecule has 0 radical (unpaired) electrons. The highest BCUT2D eigenvalue weighted by atomic mass is 35.5. The van der Waals surface area contributed by atoms with Crippen molar-refractivity contribution in [1.29, 1.82) is 0 Å². The number of nitrogens with zero attached hydrogens (tertiary/aromatic N) is 1. The number of aryl methyl sites for hydroxylation is 1. The van der Waals surface area contributed by atoms with Crippen LogP contribution in [0.25, 0.3) is 0 Å². The Kier molecular flexibility index (Phi) is 7.98. The summed E-state index contributed by atoms with van der Waals surface area (Å²) in [4.78, 5) is 26.1. The molecule has 1 aliphatic heterocycles. The van der Waals surface area contributed by atoms with Crippen molar-refractivity contribution >= 4 is 23.6 Å². The topological polar surface area (TPSA) is 58.6 Å². The van der Waals surface area contributed by atoms with Gasteiger partial charge in [0.1, 0.15) is 0 Å². The van der Waals surface area contributed by atoms with Crippen molar-refractivity contribution in [2.24, 2.45) is 5.41 Å². The van der Waals surface area contributed by atoms with Gasteiger partial charge in [-0.25, -0.2) is 4.79 Å². The molecule has 0 bridgehead atoms. The van der Waals surface area contributed by atoms with Crippen LogP contribution < -0.4 is 5.32 Å². The van der Waals surface area contributed by atoms with Crippen LogP contribution in [0.4, 0.5) is 4.79 Å². The largest absolute Gasteiger partial charge is 0.466 e. The number of urea groups is 1. The van der Waals surface area contributed by atoms with E-state index in [0.717, 1.165) is 35.1 Å². The smallest absolute Gasteiger partial charge is 0.322 e.